The molecule has 2 aliphatic heterocycles. The van der Waals surface area contributed by atoms with Crippen LogP contribution < -0.4 is 5.32 Å². The van der Waals surface area contributed by atoms with Gasteiger partial charge in [-0.2, -0.15) is 0 Å². The van der Waals surface area contributed by atoms with Gasteiger partial charge in [0.1, 0.15) is 0 Å². The Labute approximate surface area is 151 Å². The van der Waals surface area contributed by atoms with E-state index in [-0.39, 0.29) is 30.7 Å². The highest BCUT2D eigenvalue weighted by molar-refractivity contribution is 6.07. The van der Waals surface area contributed by atoms with Crippen LogP contribution in [0.15, 0.2) is 42.6 Å². The molecule has 132 valence electrons. The van der Waals surface area contributed by atoms with Crippen molar-refractivity contribution in [3.05, 3.63) is 53.9 Å². The average Bonchev–Trinajstić information content (AvgIpc) is 3.18. The summed E-state index contributed by atoms with van der Waals surface area (Å²) in [6, 6.07) is 11.5. The summed E-state index contributed by atoms with van der Waals surface area (Å²) in [6.45, 7) is 2.55. The van der Waals surface area contributed by atoms with E-state index in [1.165, 1.54) is 0 Å². The lowest BCUT2D eigenvalue weighted by atomic mass is 9.85. The minimum Gasteiger partial charge on any atom is -0.337 e. The third-order valence-electron chi connectivity index (χ3n) is 5.31. The van der Waals surface area contributed by atoms with Crippen LogP contribution in [0, 0.1) is 12.3 Å². The van der Waals surface area contributed by atoms with Gasteiger partial charge in [0.15, 0.2) is 0 Å². The third-order valence-corrected chi connectivity index (χ3v) is 5.31. The zero-order chi connectivity index (χ0) is 18.3. The van der Waals surface area contributed by atoms with E-state index in [2.05, 4.69) is 10.3 Å². The number of carbonyl (C=O) groups is 3. The van der Waals surface area contributed by atoms with Crippen molar-refractivity contribution in [2.75, 3.05) is 13.1 Å². The second-order valence-corrected chi connectivity index (χ2v) is 7.00. The lowest BCUT2D eigenvalue weighted by Crippen LogP contribution is -2.37. The fourth-order valence-corrected chi connectivity index (χ4v) is 3.92. The van der Waals surface area contributed by atoms with E-state index in [4.69, 9.17) is 0 Å². The molecule has 1 atom stereocenters. The first kappa shape index (κ1) is 16.4. The molecule has 0 aliphatic carbocycles. The molecule has 2 fully saturated rings. The van der Waals surface area contributed by atoms with Crippen molar-refractivity contribution < 1.29 is 14.4 Å². The van der Waals surface area contributed by atoms with Gasteiger partial charge >= 0.3 is 0 Å². The third kappa shape index (κ3) is 2.58. The van der Waals surface area contributed by atoms with Crippen LogP contribution in [0.3, 0.4) is 0 Å². The molecule has 2 aliphatic rings. The Morgan fingerprint density at radius 2 is 1.96 bits per heavy atom. The van der Waals surface area contributed by atoms with Gasteiger partial charge in [0.2, 0.25) is 11.8 Å². The van der Waals surface area contributed by atoms with Gasteiger partial charge in [-0.05, 0) is 30.5 Å². The van der Waals surface area contributed by atoms with Crippen LogP contribution in [0.25, 0.3) is 11.1 Å². The number of likely N-dealkylation sites (tertiary alicyclic amines) is 1. The lowest BCUT2D eigenvalue weighted by Gasteiger charge is -2.22. The monoisotopic (exact) mass is 349 g/mol. The largest absolute Gasteiger partial charge is 0.337 e. The Morgan fingerprint density at radius 1 is 1.19 bits per heavy atom. The molecule has 0 saturated carbocycles. The maximum atomic E-state index is 13.3. The van der Waals surface area contributed by atoms with Crippen LogP contribution in [0.1, 0.15) is 28.9 Å². The van der Waals surface area contributed by atoms with Gasteiger partial charge in [-0.3, -0.25) is 24.7 Å². The first-order valence-corrected chi connectivity index (χ1v) is 8.65. The maximum Gasteiger partial charge on any atom is 0.256 e. The summed E-state index contributed by atoms with van der Waals surface area (Å²) in [4.78, 5) is 43.0. The highest BCUT2D eigenvalue weighted by Crippen LogP contribution is 2.39. The van der Waals surface area contributed by atoms with E-state index < -0.39 is 5.41 Å². The van der Waals surface area contributed by atoms with Crippen molar-refractivity contribution in [2.45, 2.75) is 19.8 Å². The number of imide groups is 1. The Hall–Kier alpha value is -3.02. The van der Waals surface area contributed by atoms with Crippen molar-refractivity contribution in [3.8, 4) is 11.1 Å². The van der Waals surface area contributed by atoms with E-state index in [9.17, 15) is 14.4 Å². The predicted molar refractivity (Wildman–Crippen MR) is 95.1 cm³/mol. The molecular weight excluding hydrogens is 330 g/mol. The maximum absolute atomic E-state index is 13.3. The molecule has 4 rings (SSSR count). The number of nitrogens with one attached hydrogen (secondary N) is 1. The normalized spacial score (nSPS) is 22.1. The van der Waals surface area contributed by atoms with Crippen LogP contribution in [-0.4, -0.2) is 40.7 Å². The van der Waals surface area contributed by atoms with E-state index >= 15 is 0 Å². The fraction of sp³-hybridized carbons (Fsp3) is 0.300. The number of rotatable bonds is 2. The molecule has 6 heteroatoms. The molecule has 1 unspecified atom stereocenters. The lowest BCUT2D eigenvalue weighted by molar-refractivity contribution is -0.128. The number of nitrogens with zero attached hydrogens (tertiary/aromatic N) is 2. The summed E-state index contributed by atoms with van der Waals surface area (Å²) in [6.07, 6.45) is 2.37. The van der Waals surface area contributed by atoms with Crippen molar-refractivity contribution in [2.24, 2.45) is 5.41 Å². The molecule has 3 amide bonds. The van der Waals surface area contributed by atoms with Gasteiger partial charge in [-0.1, -0.05) is 30.3 Å². The number of aryl methyl sites for hydroxylation is 1. The summed E-state index contributed by atoms with van der Waals surface area (Å²) >= 11 is 0. The SMILES string of the molecule is Cc1nccc(-c2ccccc2)c1C(=O)N1CCC2(CC(=O)NC2=O)C1. The van der Waals surface area contributed by atoms with Gasteiger partial charge in [0.25, 0.3) is 5.91 Å². The Morgan fingerprint density at radius 3 is 2.65 bits per heavy atom. The first-order chi connectivity index (χ1) is 12.5. The van der Waals surface area contributed by atoms with Gasteiger partial charge in [0.05, 0.1) is 16.7 Å². The molecule has 2 saturated heterocycles. The average molecular weight is 349 g/mol. The molecule has 1 aromatic heterocycles. The van der Waals surface area contributed by atoms with Gasteiger partial charge in [-0.15, -0.1) is 0 Å². The first-order valence-electron chi connectivity index (χ1n) is 8.65. The Kier molecular flexibility index (Phi) is 3.83. The van der Waals surface area contributed by atoms with Crippen molar-refractivity contribution >= 4 is 17.7 Å². The molecule has 1 aromatic carbocycles. The standard InChI is InChI=1S/C20H19N3O3/c1-13-17(15(7-9-21-13)14-5-3-2-4-6-14)18(25)23-10-8-20(12-23)11-16(24)22-19(20)26/h2-7,9H,8,10-12H2,1H3,(H,22,24,26). The molecule has 1 N–H and O–H groups in total. The highest BCUT2D eigenvalue weighted by Gasteiger charge is 2.52. The zero-order valence-corrected chi connectivity index (χ0v) is 14.5. The van der Waals surface area contributed by atoms with Crippen molar-refractivity contribution in [1.82, 2.24) is 15.2 Å². The minimum atomic E-state index is -0.768. The molecule has 1 spiro atoms. The number of benzene rings is 1. The molecule has 26 heavy (non-hydrogen) atoms. The van der Waals surface area contributed by atoms with Gasteiger partial charge in [-0.25, -0.2) is 0 Å². The number of aromatic nitrogens is 1. The number of pyridine rings is 1. The number of carbonyl (C=O) groups excluding carboxylic acids is 3. The molecule has 0 bridgehead atoms. The predicted octanol–water partition coefficient (Wildman–Crippen LogP) is 1.94. The van der Waals surface area contributed by atoms with Crippen molar-refractivity contribution in [1.29, 1.82) is 0 Å². The molecule has 6 nitrogen and oxygen atoms in total. The summed E-state index contributed by atoms with van der Waals surface area (Å²) in [5.41, 5.74) is 2.22. The summed E-state index contributed by atoms with van der Waals surface area (Å²) in [7, 11) is 0. The minimum absolute atomic E-state index is 0.140. The Balaban J connectivity index is 1.68. The summed E-state index contributed by atoms with van der Waals surface area (Å²) in [5.74, 6) is -0.658. The van der Waals surface area contributed by atoms with Crippen LogP contribution in [0.4, 0.5) is 0 Å². The highest BCUT2D eigenvalue weighted by atomic mass is 16.2. The van der Waals surface area contributed by atoms with E-state index in [1.54, 1.807) is 11.1 Å². The quantitative estimate of drug-likeness (QED) is 0.841. The number of hydrogen-bond acceptors (Lipinski definition) is 4. The van der Waals surface area contributed by atoms with Gasteiger partial charge in [0, 0.05) is 25.7 Å². The molecule has 0 radical (unpaired) electrons. The summed E-state index contributed by atoms with van der Waals surface area (Å²) < 4.78 is 0. The van der Waals surface area contributed by atoms with E-state index in [0.29, 0.717) is 24.2 Å². The second-order valence-electron chi connectivity index (χ2n) is 7.00. The molecular formula is C20H19N3O3. The van der Waals surface area contributed by atoms with Gasteiger partial charge < -0.3 is 4.90 Å². The zero-order valence-electron chi connectivity index (χ0n) is 14.5. The number of hydrogen-bond donors (Lipinski definition) is 1. The van der Waals surface area contributed by atoms with Crippen LogP contribution in [-0.2, 0) is 9.59 Å². The van der Waals surface area contributed by atoms with E-state index in [0.717, 1.165) is 11.1 Å². The number of amides is 3. The second kappa shape index (κ2) is 6.05. The van der Waals surface area contributed by atoms with Crippen LogP contribution >= 0.6 is 0 Å². The van der Waals surface area contributed by atoms with Crippen molar-refractivity contribution in [3.63, 3.8) is 0 Å². The van der Waals surface area contributed by atoms with Crippen LogP contribution in [0.2, 0.25) is 0 Å². The van der Waals surface area contributed by atoms with Crippen LogP contribution in [0.5, 0.6) is 0 Å². The topological polar surface area (TPSA) is 79.4 Å². The Bertz CT molecular complexity index is 910. The molecule has 2 aromatic rings. The fourth-order valence-electron chi connectivity index (χ4n) is 3.92. The molecule has 3 heterocycles. The smallest absolute Gasteiger partial charge is 0.256 e. The summed E-state index contributed by atoms with van der Waals surface area (Å²) in [5, 5.41) is 2.37. The van der Waals surface area contributed by atoms with E-state index in [1.807, 2.05) is 43.3 Å².